The van der Waals surface area contributed by atoms with Crippen LogP contribution in [-0.2, 0) is 6.42 Å². The number of hydrogen-bond donors (Lipinski definition) is 1. The van der Waals surface area contributed by atoms with Gasteiger partial charge >= 0.3 is 0 Å². The van der Waals surface area contributed by atoms with E-state index in [1.165, 1.54) is 5.39 Å². The summed E-state index contributed by atoms with van der Waals surface area (Å²) in [7, 11) is 0. The fraction of sp³-hybridized carbons (Fsp3) is 0.167. The van der Waals surface area contributed by atoms with Gasteiger partial charge in [0.1, 0.15) is 0 Å². The zero-order valence-electron chi connectivity index (χ0n) is 7.70. The minimum atomic E-state index is 0.187. The van der Waals surface area contributed by atoms with Gasteiger partial charge in [-0.25, -0.2) is 0 Å². The first-order valence-corrected chi connectivity index (χ1v) is 4.96. The molecule has 2 heteroatoms. The SMILES string of the molecule is OCCc1ccc2ccc(Cl)cc2c1. The minimum Gasteiger partial charge on any atom is -0.396 e. The molecule has 2 aromatic rings. The molecule has 0 aliphatic heterocycles. The number of benzene rings is 2. The maximum Gasteiger partial charge on any atom is 0.0471 e. The van der Waals surface area contributed by atoms with Crippen molar-refractivity contribution in [1.29, 1.82) is 0 Å². The van der Waals surface area contributed by atoms with Crippen LogP contribution < -0.4 is 0 Å². The van der Waals surface area contributed by atoms with Gasteiger partial charge in [-0.15, -0.1) is 0 Å². The maximum absolute atomic E-state index is 8.82. The zero-order chi connectivity index (χ0) is 9.97. The highest BCUT2D eigenvalue weighted by atomic mass is 35.5. The van der Waals surface area contributed by atoms with Crippen molar-refractivity contribution in [3.63, 3.8) is 0 Å². The molecule has 0 aliphatic rings. The van der Waals surface area contributed by atoms with E-state index in [-0.39, 0.29) is 6.61 Å². The molecule has 0 bridgehead atoms. The van der Waals surface area contributed by atoms with Crippen molar-refractivity contribution in [2.24, 2.45) is 0 Å². The summed E-state index contributed by atoms with van der Waals surface area (Å²) < 4.78 is 0. The van der Waals surface area contributed by atoms with E-state index in [2.05, 4.69) is 12.1 Å². The van der Waals surface area contributed by atoms with Crippen LogP contribution in [0.5, 0.6) is 0 Å². The highest BCUT2D eigenvalue weighted by Gasteiger charge is 1.97. The molecule has 1 N–H and O–H groups in total. The zero-order valence-corrected chi connectivity index (χ0v) is 8.46. The average Bonchev–Trinajstić information content (AvgIpc) is 2.17. The van der Waals surface area contributed by atoms with Crippen molar-refractivity contribution in [2.75, 3.05) is 6.61 Å². The van der Waals surface area contributed by atoms with Crippen LogP contribution in [0.1, 0.15) is 5.56 Å². The number of aliphatic hydroxyl groups excluding tert-OH is 1. The molecule has 0 heterocycles. The summed E-state index contributed by atoms with van der Waals surface area (Å²) >= 11 is 5.90. The Labute approximate surface area is 87.9 Å². The molecule has 2 rings (SSSR count). The summed E-state index contributed by atoms with van der Waals surface area (Å²) in [5.74, 6) is 0. The van der Waals surface area contributed by atoms with Gasteiger partial charge in [0.25, 0.3) is 0 Å². The van der Waals surface area contributed by atoms with Gasteiger partial charge in [-0.3, -0.25) is 0 Å². The molecular formula is C12H11ClO. The van der Waals surface area contributed by atoms with Crippen molar-refractivity contribution >= 4 is 22.4 Å². The Morgan fingerprint density at radius 2 is 1.79 bits per heavy atom. The first kappa shape index (κ1) is 9.50. The molecule has 2 aromatic carbocycles. The fourth-order valence-corrected chi connectivity index (χ4v) is 1.73. The van der Waals surface area contributed by atoms with Crippen LogP contribution in [0.25, 0.3) is 10.8 Å². The van der Waals surface area contributed by atoms with Gasteiger partial charge in [0.05, 0.1) is 0 Å². The number of rotatable bonds is 2. The summed E-state index contributed by atoms with van der Waals surface area (Å²) in [6.07, 6.45) is 0.697. The summed E-state index contributed by atoms with van der Waals surface area (Å²) in [5.41, 5.74) is 1.14. The summed E-state index contributed by atoms with van der Waals surface area (Å²) in [6.45, 7) is 0.187. The lowest BCUT2D eigenvalue weighted by Crippen LogP contribution is -1.89. The van der Waals surface area contributed by atoms with E-state index in [1.807, 2.05) is 24.3 Å². The normalized spacial score (nSPS) is 10.7. The van der Waals surface area contributed by atoms with Crippen molar-refractivity contribution in [3.05, 3.63) is 47.0 Å². The highest BCUT2D eigenvalue weighted by Crippen LogP contribution is 2.20. The largest absolute Gasteiger partial charge is 0.396 e. The third-order valence-electron chi connectivity index (χ3n) is 2.27. The first-order chi connectivity index (χ1) is 6.79. The Kier molecular flexibility index (Phi) is 2.71. The molecule has 0 radical (unpaired) electrons. The Morgan fingerprint density at radius 3 is 2.57 bits per heavy atom. The van der Waals surface area contributed by atoms with E-state index in [0.717, 1.165) is 16.0 Å². The van der Waals surface area contributed by atoms with E-state index in [4.69, 9.17) is 16.7 Å². The predicted molar refractivity (Wildman–Crippen MR) is 59.7 cm³/mol. The molecule has 0 aliphatic carbocycles. The lowest BCUT2D eigenvalue weighted by molar-refractivity contribution is 0.299. The van der Waals surface area contributed by atoms with Gasteiger partial charge in [-0.05, 0) is 34.9 Å². The molecule has 0 unspecified atom stereocenters. The number of halogens is 1. The summed E-state index contributed by atoms with van der Waals surface area (Å²) in [6, 6.07) is 12.0. The van der Waals surface area contributed by atoms with Crippen LogP contribution in [-0.4, -0.2) is 11.7 Å². The number of hydrogen-bond acceptors (Lipinski definition) is 1. The van der Waals surface area contributed by atoms with E-state index in [1.54, 1.807) is 0 Å². The van der Waals surface area contributed by atoms with Crippen LogP contribution in [0, 0.1) is 0 Å². The molecule has 0 amide bonds. The van der Waals surface area contributed by atoms with Gasteiger partial charge in [0, 0.05) is 11.6 Å². The smallest absolute Gasteiger partial charge is 0.0471 e. The van der Waals surface area contributed by atoms with Gasteiger partial charge in [0.2, 0.25) is 0 Å². The van der Waals surface area contributed by atoms with Crippen molar-refractivity contribution in [3.8, 4) is 0 Å². The molecule has 72 valence electrons. The first-order valence-electron chi connectivity index (χ1n) is 4.58. The van der Waals surface area contributed by atoms with Crippen LogP contribution in [0.2, 0.25) is 5.02 Å². The topological polar surface area (TPSA) is 20.2 Å². The Bertz CT molecular complexity index is 451. The molecular weight excluding hydrogens is 196 g/mol. The maximum atomic E-state index is 8.82. The Hall–Kier alpha value is -1.05. The quantitative estimate of drug-likeness (QED) is 0.801. The third-order valence-corrected chi connectivity index (χ3v) is 2.50. The molecule has 0 saturated heterocycles. The van der Waals surface area contributed by atoms with Crippen LogP contribution in [0.3, 0.4) is 0 Å². The molecule has 0 saturated carbocycles. The van der Waals surface area contributed by atoms with Crippen molar-refractivity contribution in [2.45, 2.75) is 6.42 Å². The van der Waals surface area contributed by atoms with Crippen LogP contribution in [0.15, 0.2) is 36.4 Å². The molecule has 0 aromatic heterocycles. The van der Waals surface area contributed by atoms with Crippen LogP contribution >= 0.6 is 11.6 Å². The molecule has 14 heavy (non-hydrogen) atoms. The van der Waals surface area contributed by atoms with Crippen molar-refractivity contribution in [1.82, 2.24) is 0 Å². The lowest BCUT2D eigenvalue weighted by atomic mass is 10.1. The van der Waals surface area contributed by atoms with Gasteiger partial charge in [-0.2, -0.15) is 0 Å². The molecule has 1 nitrogen and oxygen atoms in total. The van der Waals surface area contributed by atoms with Crippen LogP contribution in [0.4, 0.5) is 0 Å². The summed E-state index contributed by atoms with van der Waals surface area (Å²) in [5, 5.41) is 11.9. The number of aliphatic hydroxyl groups is 1. The van der Waals surface area contributed by atoms with Gasteiger partial charge < -0.3 is 5.11 Å². The standard InChI is InChI=1S/C12H11ClO/c13-12-4-3-10-2-1-9(5-6-14)7-11(10)8-12/h1-4,7-8,14H,5-6H2. The van der Waals surface area contributed by atoms with Gasteiger partial charge in [-0.1, -0.05) is 35.9 Å². The average molecular weight is 207 g/mol. The monoisotopic (exact) mass is 206 g/mol. The van der Waals surface area contributed by atoms with E-state index >= 15 is 0 Å². The Morgan fingerprint density at radius 1 is 1.00 bits per heavy atom. The second-order valence-electron chi connectivity index (χ2n) is 3.30. The molecule has 0 atom stereocenters. The highest BCUT2D eigenvalue weighted by molar-refractivity contribution is 6.31. The number of fused-ring (bicyclic) bond motifs is 1. The van der Waals surface area contributed by atoms with E-state index in [9.17, 15) is 0 Å². The fourth-order valence-electron chi connectivity index (χ4n) is 1.55. The van der Waals surface area contributed by atoms with Crippen molar-refractivity contribution < 1.29 is 5.11 Å². The second-order valence-corrected chi connectivity index (χ2v) is 3.74. The van der Waals surface area contributed by atoms with E-state index in [0.29, 0.717) is 6.42 Å². The molecule has 0 spiro atoms. The predicted octanol–water partition coefficient (Wildman–Crippen LogP) is 3.03. The lowest BCUT2D eigenvalue weighted by Gasteiger charge is -2.02. The van der Waals surface area contributed by atoms with Gasteiger partial charge in [0.15, 0.2) is 0 Å². The van der Waals surface area contributed by atoms with E-state index < -0.39 is 0 Å². The minimum absolute atomic E-state index is 0.187. The summed E-state index contributed by atoms with van der Waals surface area (Å²) in [4.78, 5) is 0. The Balaban J connectivity index is 2.52. The third kappa shape index (κ3) is 1.89. The molecule has 0 fully saturated rings. The second kappa shape index (κ2) is 3.99.